The van der Waals surface area contributed by atoms with Gasteiger partial charge in [0.1, 0.15) is 0 Å². The van der Waals surface area contributed by atoms with Gasteiger partial charge < -0.3 is 0 Å². The second-order valence-corrected chi connectivity index (χ2v) is 5.91. The van der Waals surface area contributed by atoms with Crippen LogP contribution in [-0.4, -0.2) is 20.8 Å². The van der Waals surface area contributed by atoms with Gasteiger partial charge in [0, 0.05) is 0 Å². The minimum absolute atomic E-state index is 0.0278. The minimum Gasteiger partial charge on any atom is -0.267 e. The van der Waals surface area contributed by atoms with Crippen molar-refractivity contribution < 1.29 is 12.6 Å². The summed E-state index contributed by atoms with van der Waals surface area (Å²) in [7, 11) is -3.22. The fraction of sp³-hybridized carbons (Fsp3) is 1.00. The molecule has 0 N–H and O–H groups in total. The molecule has 0 aromatic heterocycles. The lowest BCUT2D eigenvalue weighted by Gasteiger charge is -2.27. The molecule has 3 atom stereocenters. The first-order chi connectivity index (χ1) is 5.58. The maximum atomic E-state index is 10.8. The predicted molar refractivity (Wildman–Crippen MR) is 42.9 cm³/mol. The van der Waals surface area contributed by atoms with Crippen molar-refractivity contribution in [1.29, 1.82) is 0 Å². The van der Waals surface area contributed by atoms with Crippen LogP contribution in [0.5, 0.6) is 0 Å². The molecule has 3 nitrogen and oxygen atoms in total. The summed E-state index contributed by atoms with van der Waals surface area (Å²) in [6.45, 7) is 0. The van der Waals surface area contributed by atoms with Crippen LogP contribution in [0.15, 0.2) is 0 Å². The molecule has 4 saturated carbocycles. The summed E-state index contributed by atoms with van der Waals surface area (Å²) in [6.07, 6.45) is 3.31. The standard InChI is InChI=1S/C8H12O3S/c1-12(9,10)11-5-3-2-4-6-7(4)8(5)6/h4-8H,2-3H2,1H3. The lowest BCUT2D eigenvalue weighted by Crippen LogP contribution is -2.29. The molecule has 0 amide bonds. The van der Waals surface area contributed by atoms with Crippen molar-refractivity contribution in [2.45, 2.75) is 18.9 Å². The SMILES string of the molecule is CS(=O)(=O)OC1CCC2C3C1C23. The Kier molecular flexibility index (Phi) is 1.14. The van der Waals surface area contributed by atoms with Crippen molar-refractivity contribution in [3.05, 3.63) is 0 Å². The third-order valence-electron chi connectivity index (χ3n) is 3.55. The highest BCUT2D eigenvalue weighted by Gasteiger charge is 2.77. The summed E-state index contributed by atoms with van der Waals surface area (Å²) in [5.74, 6) is 3.27. The predicted octanol–water partition coefficient (Wildman–Crippen LogP) is 0.617. The maximum absolute atomic E-state index is 10.8. The zero-order chi connectivity index (χ0) is 8.51. The van der Waals surface area contributed by atoms with Crippen LogP contribution >= 0.6 is 0 Å². The van der Waals surface area contributed by atoms with E-state index in [9.17, 15) is 8.42 Å². The number of fused-ring (bicyclic) bond motifs is 2. The van der Waals surface area contributed by atoms with Gasteiger partial charge in [0.05, 0.1) is 12.4 Å². The van der Waals surface area contributed by atoms with Crippen LogP contribution in [0.2, 0.25) is 0 Å². The molecule has 0 heterocycles. The van der Waals surface area contributed by atoms with Crippen LogP contribution in [0.4, 0.5) is 0 Å². The van der Waals surface area contributed by atoms with E-state index in [4.69, 9.17) is 4.18 Å². The van der Waals surface area contributed by atoms with Gasteiger partial charge in [-0.2, -0.15) is 8.42 Å². The Balaban J connectivity index is 1.70. The van der Waals surface area contributed by atoms with Crippen molar-refractivity contribution in [1.82, 2.24) is 0 Å². The van der Waals surface area contributed by atoms with Crippen molar-refractivity contribution in [3.8, 4) is 0 Å². The fourth-order valence-electron chi connectivity index (χ4n) is 3.00. The molecule has 4 heteroatoms. The molecule has 3 unspecified atom stereocenters. The largest absolute Gasteiger partial charge is 0.267 e. The first-order valence-electron chi connectivity index (χ1n) is 4.46. The summed E-state index contributed by atoms with van der Waals surface area (Å²) < 4.78 is 26.7. The van der Waals surface area contributed by atoms with E-state index in [-0.39, 0.29) is 6.10 Å². The quantitative estimate of drug-likeness (QED) is 0.596. The number of hydrogen-bond donors (Lipinski definition) is 0. The second kappa shape index (κ2) is 1.87. The van der Waals surface area contributed by atoms with Gasteiger partial charge in [0.25, 0.3) is 10.1 Å². The molecule has 68 valence electrons. The van der Waals surface area contributed by atoms with Gasteiger partial charge in [-0.25, -0.2) is 0 Å². The van der Waals surface area contributed by atoms with E-state index in [1.165, 1.54) is 6.42 Å². The van der Waals surface area contributed by atoms with E-state index in [0.717, 1.165) is 30.4 Å². The van der Waals surface area contributed by atoms with Crippen LogP contribution in [-0.2, 0) is 14.3 Å². The molecule has 0 aromatic carbocycles. The summed E-state index contributed by atoms with van der Waals surface area (Å²) in [6, 6.07) is 0. The summed E-state index contributed by atoms with van der Waals surface area (Å²) in [5.41, 5.74) is 0. The van der Waals surface area contributed by atoms with E-state index in [1.54, 1.807) is 0 Å². The fourth-order valence-corrected chi connectivity index (χ4v) is 3.68. The smallest absolute Gasteiger partial charge is 0.264 e. The van der Waals surface area contributed by atoms with Crippen LogP contribution < -0.4 is 0 Å². The van der Waals surface area contributed by atoms with Gasteiger partial charge in [-0.1, -0.05) is 0 Å². The lowest BCUT2D eigenvalue weighted by atomic mass is 9.86. The normalized spacial score (nSPS) is 54.6. The van der Waals surface area contributed by atoms with E-state index in [2.05, 4.69) is 0 Å². The average Bonchev–Trinajstić information content (AvgIpc) is 2.68. The third-order valence-corrected chi connectivity index (χ3v) is 4.15. The minimum atomic E-state index is -3.22. The molecule has 4 aliphatic carbocycles. The van der Waals surface area contributed by atoms with Gasteiger partial charge in [-0.05, 0) is 36.5 Å². The summed E-state index contributed by atoms with van der Waals surface area (Å²) in [5, 5.41) is 0. The monoisotopic (exact) mass is 188 g/mol. The zero-order valence-corrected chi connectivity index (χ0v) is 7.75. The first kappa shape index (κ1) is 7.33. The second-order valence-electron chi connectivity index (χ2n) is 4.31. The molecule has 4 fully saturated rings. The van der Waals surface area contributed by atoms with Crippen LogP contribution in [0.1, 0.15) is 12.8 Å². The van der Waals surface area contributed by atoms with Gasteiger partial charge in [0.15, 0.2) is 0 Å². The van der Waals surface area contributed by atoms with E-state index in [0.29, 0.717) is 5.92 Å². The van der Waals surface area contributed by atoms with Crippen molar-refractivity contribution in [3.63, 3.8) is 0 Å². The lowest BCUT2D eigenvalue weighted by molar-refractivity contribution is 0.101. The van der Waals surface area contributed by atoms with Gasteiger partial charge >= 0.3 is 0 Å². The molecule has 4 rings (SSSR count). The molecular weight excluding hydrogens is 176 g/mol. The number of rotatable bonds is 2. The molecule has 12 heavy (non-hydrogen) atoms. The van der Waals surface area contributed by atoms with Crippen LogP contribution in [0, 0.1) is 23.7 Å². The Morgan fingerprint density at radius 2 is 1.83 bits per heavy atom. The average molecular weight is 188 g/mol. The van der Waals surface area contributed by atoms with Crippen molar-refractivity contribution in [2.24, 2.45) is 23.7 Å². The molecule has 0 saturated heterocycles. The molecule has 0 radical (unpaired) electrons. The van der Waals surface area contributed by atoms with Crippen molar-refractivity contribution in [2.75, 3.05) is 6.26 Å². The molecular formula is C8H12O3S. The Bertz CT molecular complexity index is 311. The van der Waals surface area contributed by atoms with E-state index >= 15 is 0 Å². The van der Waals surface area contributed by atoms with E-state index in [1.807, 2.05) is 0 Å². The van der Waals surface area contributed by atoms with Crippen LogP contribution in [0.25, 0.3) is 0 Å². The Morgan fingerprint density at radius 1 is 1.17 bits per heavy atom. The zero-order valence-electron chi connectivity index (χ0n) is 6.93. The van der Waals surface area contributed by atoms with Crippen LogP contribution in [0.3, 0.4) is 0 Å². The number of hydrogen-bond acceptors (Lipinski definition) is 3. The highest BCUT2D eigenvalue weighted by Crippen LogP contribution is 2.79. The topological polar surface area (TPSA) is 43.4 Å². The summed E-state index contributed by atoms with van der Waals surface area (Å²) in [4.78, 5) is 0. The Hall–Kier alpha value is -0.0900. The van der Waals surface area contributed by atoms with Gasteiger partial charge in [0.2, 0.25) is 0 Å². The highest BCUT2D eigenvalue weighted by atomic mass is 32.2. The molecule has 0 aliphatic heterocycles. The Labute approximate surface area is 72.2 Å². The Morgan fingerprint density at radius 3 is 2.33 bits per heavy atom. The highest BCUT2D eigenvalue weighted by molar-refractivity contribution is 7.86. The maximum Gasteiger partial charge on any atom is 0.264 e. The van der Waals surface area contributed by atoms with Gasteiger partial charge in [-0.3, -0.25) is 4.18 Å². The van der Waals surface area contributed by atoms with Gasteiger partial charge in [-0.15, -0.1) is 0 Å². The third kappa shape index (κ3) is 0.879. The van der Waals surface area contributed by atoms with E-state index < -0.39 is 10.1 Å². The molecule has 0 aromatic rings. The first-order valence-corrected chi connectivity index (χ1v) is 6.28. The molecule has 0 spiro atoms. The van der Waals surface area contributed by atoms with Crippen molar-refractivity contribution >= 4 is 10.1 Å². The summed E-state index contributed by atoms with van der Waals surface area (Å²) >= 11 is 0. The molecule has 2 bridgehead atoms. The molecule has 4 aliphatic rings.